The Hall–Kier alpha value is -2.30. The summed E-state index contributed by atoms with van der Waals surface area (Å²) in [4.78, 5) is 4.43. The minimum absolute atomic E-state index is 0.0603. The number of rotatable bonds is 5. The number of aromatic nitrogens is 2. The van der Waals surface area contributed by atoms with Crippen LogP contribution in [-0.2, 0) is 13.0 Å². The number of hydrogen-bond acceptors (Lipinski definition) is 2. The molecule has 0 atom stereocenters. The van der Waals surface area contributed by atoms with Gasteiger partial charge < -0.3 is 10.3 Å². The molecule has 0 aliphatic carbocycles. The Morgan fingerprint density at radius 3 is 2.62 bits per heavy atom. The Balaban J connectivity index is 1.89. The van der Waals surface area contributed by atoms with Crippen molar-refractivity contribution in [2.24, 2.45) is 5.73 Å². The molecule has 1 aromatic heterocycles. The van der Waals surface area contributed by atoms with Crippen molar-refractivity contribution in [2.45, 2.75) is 13.0 Å². The van der Waals surface area contributed by atoms with Gasteiger partial charge in [-0.05, 0) is 17.2 Å². The zero-order valence-corrected chi connectivity index (χ0v) is 14.3. The van der Waals surface area contributed by atoms with Gasteiger partial charge in [0.1, 0.15) is 11.7 Å². The second-order valence-electron chi connectivity index (χ2n) is 5.43. The lowest BCUT2D eigenvalue weighted by Gasteiger charge is -2.12. The van der Waals surface area contributed by atoms with Gasteiger partial charge in [-0.25, -0.2) is 4.98 Å². The third kappa shape index (κ3) is 3.45. The first kappa shape index (κ1) is 16.6. The van der Waals surface area contributed by atoms with Gasteiger partial charge in [0.2, 0.25) is 0 Å². The number of amidine groups is 1. The lowest BCUT2D eigenvalue weighted by molar-refractivity contribution is 0.739. The highest BCUT2D eigenvalue weighted by molar-refractivity contribution is 6.42. The third-order valence-electron chi connectivity index (χ3n) is 3.83. The Bertz CT molecular complexity index is 886. The molecule has 0 fully saturated rings. The second-order valence-corrected chi connectivity index (χ2v) is 6.22. The van der Waals surface area contributed by atoms with Crippen molar-refractivity contribution < 1.29 is 0 Å². The van der Waals surface area contributed by atoms with Crippen LogP contribution in [-0.4, -0.2) is 15.4 Å². The van der Waals surface area contributed by atoms with Crippen LogP contribution in [0.3, 0.4) is 0 Å². The van der Waals surface area contributed by atoms with Crippen LogP contribution in [0.1, 0.15) is 22.5 Å². The van der Waals surface area contributed by atoms with E-state index in [4.69, 9.17) is 34.3 Å². The van der Waals surface area contributed by atoms with Crippen molar-refractivity contribution in [3.05, 3.63) is 87.4 Å². The Morgan fingerprint density at radius 1 is 1.08 bits per heavy atom. The van der Waals surface area contributed by atoms with E-state index in [1.807, 2.05) is 47.2 Å². The van der Waals surface area contributed by atoms with Crippen molar-refractivity contribution >= 4 is 29.0 Å². The van der Waals surface area contributed by atoms with Gasteiger partial charge in [-0.2, -0.15) is 0 Å². The summed E-state index contributed by atoms with van der Waals surface area (Å²) in [6.45, 7) is 0.587. The van der Waals surface area contributed by atoms with Gasteiger partial charge in [0, 0.05) is 30.9 Å². The number of nitrogen functional groups attached to an aromatic ring is 1. The number of imidazole rings is 1. The van der Waals surface area contributed by atoms with Gasteiger partial charge in [-0.3, -0.25) is 5.41 Å². The third-order valence-corrected chi connectivity index (χ3v) is 4.69. The van der Waals surface area contributed by atoms with E-state index in [1.54, 1.807) is 12.3 Å². The maximum absolute atomic E-state index is 7.71. The zero-order chi connectivity index (χ0) is 17.1. The van der Waals surface area contributed by atoms with E-state index in [2.05, 4.69) is 4.98 Å². The molecule has 4 nitrogen and oxygen atoms in total. The fourth-order valence-corrected chi connectivity index (χ4v) is 3.00. The summed E-state index contributed by atoms with van der Waals surface area (Å²) < 4.78 is 2.03. The fourth-order valence-electron chi connectivity index (χ4n) is 2.61. The Kier molecular flexibility index (Phi) is 4.88. The largest absolute Gasteiger partial charge is 0.384 e. The summed E-state index contributed by atoms with van der Waals surface area (Å²) >= 11 is 12.4. The molecular formula is C18H16Cl2N4. The van der Waals surface area contributed by atoms with Crippen molar-refractivity contribution in [3.63, 3.8) is 0 Å². The van der Waals surface area contributed by atoms with Crippen molar-refractivity contribution in [2.75, 3.05) is 0 Å². The van der Waals surface area contributed by atoms with Crippen LogP contribution in [0.2, 0.25) is 10.0 Å². The molecule has 24 heavy (non-hydrogen) atoms. The van der Waals surface area contributed by atoms with Gasteiger partial charge in [0.25, 0.3) is 0 Å². The van der Waals surface area contributed by atoms with Crippen LogP contribution in [0.4, 0.5) is 0 Å². The molecular weight excluding hydrogens is 343 g/mol. The molecule has 0 bridgehead atoms. The number of nitrogens with one attached hydrogen (secondary N) is 1. The maximum atomic E-state index is 7.71. The van der Waals surface area contributed by atoms with Crippen LogP contribution in [0.25, 0.3) is 0 Å². The molecule has 3 rings (SSSR count). The zero-order valence-electron chi connectivity index (χ0n) is 12.8. The summed E-state index contributed by atoms with van der Waals surface area (Å²) in [5.41, 5.74) is 8.30. The Labute approximate surface area is 150 Å². The number of nitrogens with zero attached hydrogens (tertiary/aromatic N) is 2. The molecule has 0 unspecified atom stereocenters. The van der Waals surface area contributed by atoms with Crippen LogP contribution in [0, 0.1) is 5.41 Å². The highest BCUT2D eigenvalue weighted by Gasteiger charge is 2.11. The van der Waals surface area contributed by atoms with E-state index in [0.29, 0.717) is 23.0 Å². The number of halogens is 2. The lowest BCUT2D eigenvalue weighted by Crippen LogP contribution is -2.15. The minimum Gasteiger partial charge on any atom is -0.384 e. The smallest absolute Gasteiger partial charge is 0.123 e. The first-order valence-corrected chi connectivity index (χ1v) is 8.17. The summed E-state index contributed by atoms with van der Waals surface area (Å²) in [5, 5.41) is 8.80. The summed E-state index contributed by atoms with van der Waals surface area (Å²) in [6, 6.07) is 13.2. The number of benzene rings is 2. The fraction of sp³-hybridized carbons (Fsp3) is 0.111. The topological polar surface area (TPSA) is 67.7 Å². The molecule has 6 heteroatoms. The predicted molar refractivity (Wildman–Crippen MR) is 98.1 cm³/mol. The molecule has 0 amide bonds. The molecule has 122 valence electrons. The number of nitrogens with two attached hydrogens (primary N) is 1. The molecule has 0 aliphatic heterocycles. The van der Waals surface area contributed by atoms with Crippen molar-refractivity contribution in [3.8, 4) is 0 Å². The maximum Gasteiger partial charge on any atom is 0.123 e. The van der Waals surface area contributed by atoms with Crippen LogP contribution in [0.15, 0.2) is 54.9 Å². The Morgan fingerprint density at radius 2 is 1.83 bits per heavy atom. The highest BCUT2D eigenvalue weighted by atomic mass is 35.5. The van der Waals surface area contributed by atoms with Gasteiger partial charge in [-0.15, -0.1) is 0 Å². The van der Waals surface area contributed by atoms with Gasteiger partial charge in [0.15, 0.2) is 0 Å². The van der Waals surface area contributed by atoms with E-state index < -0.39 is 0 Å². The van der Waals surface area contributed by atoms with E-state index in [0.717, 1.165) is 22.5 Å². The van der Waals surface area contributed by atoms with Crippen LogP contribution < -0.4 is 5.73 Å². The summed E-state index contributed by atoms with van der Waals surface area (Å²) in [7, 11) is 0. The van der Waals surface area contributed by atoms with E-state index >= 15 is 0 Å². The molecule has 3 N–H and O–H groups in total. The van der Waals surface area contributed by atoms with Crippen molar-refractivity contribution in [1.82, 2.24) is 9.55 Å². The minimum atomic E-state index is 0.0603. The van der Waals surface area contributed by atoms with Crippen LogP contribution >= 0.6 is 23.2 Å². The normalized spacial score (nSPS) is 10.8. The molecule has 3 aromatic rings. The highest BCUT2D eigenvalue weighted by Crippen LogP contribution is 2.27. The molecule has 0 saturated carbocycles. The van der Waals surface area contributed by atoms with E-state index in [1.165, 1.54) is 0 Å². The molecule has 0 radical (unpaired) electrons. The average Bonchev–Trinajstić information content (AvgIpc) is 2.99. The van der Waals surface area contributed by atoms with Gasteiger partial charge in [-0.1, -0.05) is 59.6 Å². The summed E-state index contributed by atoms with van der Waals surface area (Å²) in [6.07, 6.45) is 4.24. The SMILES string of the molecule is N=C(N)c1ccccc1Cn1ccnc1Cc1cccc(Cl)c1Cl. The van der Waals surface area contributed by atoms with Gasteiger partial charge >= 0.3 is 0 Å². The van der Waals surface area contributed by atoms with Gasteiger partial charge in [0.05, 0.1) is 10.0 Å². The standard InChI is InChI=1S/C18H16Cl2N4/c19-15-7-3-5-12(17(15)20)10-16-23-8-9-24(16)11-13-4-1-2-6-14(13)18(21)22/h1-9H,10-11H2,(H3,21,22). The number of hydrogen-bond donors (Lipinski definition) is 2. The molecule has 1 heterocycles. The lowest BCUT2D eigenvalue weighted by atomic mass is 10.1. The monoisotopic (exact) mass is 358 g/mol. The first-order valence-electron chi connectivity index (χ1n) is 7.41. The molecule has 0 saturated heterocycles. The van der Waals surface area contributed by atoms with E-state index in [9.17, 15) is 0 Å². The predicted octanol–water partition coefficient (Wildman–Crippen LogP) is 4.11. The average molecular weight is 359 g/mol. The first-order chi connectivity index (χ1) is 11.6. The second kappa shape index (κ2) is 7.07. The molecule has 2 aromatic carbocycles. The molecule has 0 spiro atoms. The summed E-state index contributed by atoms with van der Waals surface area (Å²) in [5.74, 6) is 0.933. The van der Waals surface area contributed by atoms with Crippen LogP contribution in [0.5, 0.6) is 0 Å². The quantitative estimate of drug-likeness (QED) is 0.532. The molecule has 0 aliphatic rings. The van der Waals surface area contributed by atoms with E-state index in [-0.39, 0.29) is 5.84 Å². The van der Waals surface area contributed by atoms with Crippen molar-refractivity contribution in [1.29, 1.82) is 5.41 Å².